The molecule has 3 heteroatoms. The molecular weight excluding hydrogens is 444 g/mol. The molecule has 5 aromatic carbocycles. The lowest BCUT2D eigenvalue weighted by Gasteiger charge is -2.30. The normalized spacial score (nSPS) is 14.1. The quantitative estimate of drug-likeness (QED) is 0.205. The van der Waals surface area contributed by atoms with Crippen LogP contribution in [0.1, 0.15) is 33.4 Å². The van der Waals surface area contributed by atoms with Crippen molar-refractivity contribution in [3.63, 3.8) is 0 Å². The van der Waals surface area contributed by atoms with E-state index in [2.05, 4.69) is 114 Å². The first-order chi connectivity index (χ1) is 16.8. The number of hydrogen-bond acceptors (Lipinski definition) is 2. The predicted octanol–water partition coefficient (Wildman–Crippen LogP) is 6.87. The summed E-state index contributed by atoms with van der Waals surface area (Å²) in [7, 11) is -3.15. The van der Waals surface area contributed by atoms with Crippen molar-refractivity contribution in [3.05, 3.63) is 106 Å². The molecule has 0 fully saturated rings. The molecule has 2 nitrogen and oxygen atoms in total. The molecule has 5 aromatic rings. The Kier molecular flexibility index (Phi) is 4.84. The van der Waals surface area contributed by atoms with E-state index in [-0.39, 0.29) is 0 Å². The monoisotopic (exact) mass is 474 g/mol. The zero-order valence-corrected chi connectivity index (χ0v) is 22.2. The summed E-state index contributed by atoms with van der Waals surface area (Å²) in [5, 5.41) is 7.07. The largest absolute Gasteiger partial charge is 0.532 e. The van der Waals surface area contributed by atoms with Crippen LogP contribution in [0.2, 0.25) is 0 Å². The van der Waals surface area contributed by atoms with Crippen molar-refractivity contribution in [3.8, 4) is 11.5 Å². The standard InChI is InChI=1S/C32H30O2Si/c1-19-15-21(3)31(22(4)16-19)35(32-23(5)17-20(2)18-24(32)6)33-29-27-13-9-7-11-25(27)26-12-8-10-14-28(26)30(29)34-35/h7-18H,1-6H3. The first-order valence-corrected chi connectivity index (χ1v) is 14.1. The Balaban J connectivity index is 1.76. The molecule has 0 aliphatic carbocycles. The van der Waals surface area contributed by atoms with Crippen molar-refractivity contribution in [2.24, 2.45) is 0 Å². The number of fused-ring (bicyclic) bond motifs is 6. The molecule has 1 heterocycles. The van der Waals surface area contributed by atoms with Gasteiger partial charge in [0.05, 0.1) is 0 Å². The average Bonchev–Trinajstić information content (AvgIpc) is 3.19. The molecule has 1 aliphatic rings. The van der Waals surface area contributed by atoms with E-state index in [0.29, 0.717) is 0 Å². The van der Waals surface area contributed by atoms with Crippen molar-refractivity contribution in [2.45, 2.75) is 41.5 Å². The van der Waals surface area contributed by atoms with Gasteiger partial charge in [0.25, 0.3) is 0 Å². The second-order valence-corrected chi connectivity index (χ2v) is 12.8. The van der Waals surface area contributed by atoms with Crippen molar-refractivity contribution in [2.75, 3.05) is 0 Å². The Hall–Kier alpha value is -3.56. The van der Waals surface area contributed by atoms with Gasteiger partial charge in [0, 0.05) is 21.1 Å². The molecule has 0 saturated heterocycles. The summed E-state index contributed by atoms with van der Waals surface area (Å²) in [6.45, 7) is 13.1. The Bertz CT molecular complexity index is 1490. The van der Waals surface area contributed by atoms with Crippen molar-refractivity contribution >= 4 is 40.5 Å². The van der Waals surface area contributed by atoms with Gasteiger partial charge >= 0.3 is 8.56 Å². The molecule has 0 saturated carbocycles. The van der Waals surface area contributed by atoms with E-state index in [1.807, 2.05) is 0 Å². The minimum atomic E-state index is -3.15. The Labute approximate surface area is 208 Å². The molecular formula is C32H30O2Si. The van der Waals surface area contributed by atoms with Gasteiger partial charge in [-0.2, -0.15) is 0 Å². The molecule has 0 unspecified atom stereocenters. The van der Waals surface area contributed by atoms with E-state index in [4.69, 9.17) is 8.85 Å². The molecule has 0 spiro atoms. The lowest BCUT2D eigenvalue weighted by molar-refractivity contribution is 0.495. The van der Waals surface area contributed by atoms with Crippen LogP contribution in [0.3, 0.4) is 0 Å². The molecule has 174 valence electrons. The van der Waals surface area contributed by atoms with Crippen molar-refractivity contribution in [1.82, 2.24) is 0 Å². The molecule has 6 rings (SSSR count). The Morgan fingerprint density at radius 3 is 1.11 bits per heavy atom. The molecule has 0 radical (unpaired) electrons. The second kappa shape index (κ2) is 7.72. The zero-order valence-electron chi connectivity index (χ0n) is 21.2. The van der Waals surface area contributed by atoms with E-state index in [9.17, 15) is 0 Å². The summed E-state index contributed by atoms with van der Waals surface area (Å²) in [4.78, 5) is 0. The van der Waals surface area contributed by atoms with Crippen LogP contribution in [0.25, 0.3) is 21.5 Å². The SMILES string of the molecule is Cc1cc(C)c([Si]2(c3c(C)cc(C)cc3C)Oc3c(c4ccccc4c4ccccc34)O2)c(C)c1. The highest BCUT2D eigenvalue weighted by molar-refractivity contribution is 6.95. The second-order valence-electron chi connectivity index (χ2n) is 10.1. The first-order valence-electron chi connectivity index (χ1n) is 12.3. The summed E-state index contributed by atoms with van der Waals surface area (Å²) in [5.74, 6) is 1.76. The van der Waals surface area contributed by atoms with Gasteiger partial charge in [-0.15, -0.1) is 0 Å². The highest BCUT2D eigenvalue weighted by Crippen LogP contribution is 2.49. The number of aryl methyl sites for hydroxylation is 6. The zero-order chi connectivity index (χ0) is 24.5. The van der Waals surface area contributed by atoms with Crippen molar-refractivity contribution in [1.29, 1.82) is 0 Å². The van der Waals surface area contributed by atoms with Crippen LogP contribution in [-0.4, -0.2) is 8.56 Å². The summed E-state index contributed by atoms with van der Waals surface area (Å²) >= 11 is 0. The van der Waals surface area contributed by atoms with Crippen LogP contribution < -0.4 is 19.2 Å². The van der Waals surface area contributed by atoms with Gasteiger partial charge in [-0.3, -0.25) is 0 Å². The van der Waals surface area contributed by atoms with E-state index < -0.39 is 8.56 Å². The van der Waals surface area contributed by atoms with Crippen LogP contribution in [0.5, 0.6) is 11.5 Å². The lowest BCUT2D eigenvalue weighted by atomic mass is 10.0. The van der Waals surface area contributed by atoms with E-state index >= 15 is 0 Å². The van der Waals surface area contributed by atoms with Crippen LogP contribution in [-0.2, 0) is 0 Å². The third-order valence-corrected chi connectivity index (χ3v) is 11.2. The Morgan fingerprint density at radius 2 is 0.771 bits per heavy atom. The maximum absolute atomic E-state index is 7.31. The topological polar surface area (TPSA) is 18.5 Å². The highest BCUT2D eigenvalue weighted by Gasteiger charge is 2.56. The van der Waals surface area contributed by atoms with E-state index in [1.54, 1.807) is 0 Å². The molecule has 0 aromatic heterocycles. The van der Waals surface area contributed by atoms with Crippen LogP contribution >= 0.6 is 0 Å². The minimum Gasteiger partial charge on any atom is -0.502 e. The predicted molar refractivity (Wildman–Crippen MR) is 149 cm³/mol. The van der Waals surface area contributed by atoms with Gasteiger partial charge in [0.15, 0.2) is 11.5 Å². The third-order valence-electron chi connectivity index (χ3n) is 7.34. The smallest absolute Gasteiger partial charge is 0.502 e. The summed E-state index contributed by atoms with van der Waals surface area (Å²) in [5.41, 5.74) is 7.45. The summed E-state index contributed by atoms with van der Waals surface area (Å²) in [6.07, 6.45) is 0. The molecule has 0 N–H and O–H groups in total. The maximum Gasteiger partial charge on any atom is 0.532 e. The summed E-state index contributed by atoms with van der Waals surface area (Å²) < 4.78 is 14.6. The van der Waals surface area contributed by atoms with E-state index in [1.165, 1.54) is 54.5 Å². The van der Waals surface area contributed by atoms with Crippen LogP contribution in [0.15, 0.2) is 72.8 Å². The van der Waals surface area contributed by atoms with Gasteiger partial charge in [0.1, 0.15) is 0 Å². The molecule has 0 amide bonds. The van der Waals surface area contributed by atoms with E-state index in [0.717, 1.165) is 22.3 Å². The van der Waals surface area contributed by atoms with Gasteiger partial charge in [-0.25, -0.2) is 0 Å². The van der Waals surface area contributed by atoms with Gasteiger partial charge in [-0.1, -0.05) is 83.9 Å². The van der Waals surface area contributed by atoms with Gasteiger partial charge in [-0.05, 0) is 74.6 Å². The first kappa shape index (κ1) is 21.9. The average molecular weight is 475 g/mol. The minimum absolute atomic E-state index is 0.879. The Morgan fingerprint density at radius 1 is 0.457 bits per heavy atom. The summed E-state index contributed by atoms with van der Waals surface area (Å²) in [6, 6.07) is 26.2. The number of hydrogen-bond donors (Lipinski definition) is 0. The molecule has 0 bridgehead atoms. The maximum atomic E-state index is 7.31. The van der Waals surface area contributed by atoms with Crippen molar-refractivity contribution < 1.29 is 8.85 Å². The van der Waals surface area contributed by atoms with Crippen LogP contribution in [0, 0.1) is 41.5 Å². The number of benzene rings is 5. The molecule has 0 atom stereocenters. The third kappa shape index (κ3) is 3.15. The highest BCUT2D eigenvalue weighted by atomic mass is 28.4. The number of rotatable bonds is 2. The van der Waals surface area contributed by atoms with Gasteiger partial charge < -0.3 is 8.85 Å². The fraction of sp³-hybridized carbons (Fsp3) is 0.188. The van der Waals surface area contributed by atoms with Gasteiger partial charge in [0.2, 0.25) is 0 Å². The lowest BCUT2D eigenvalue weighted by Crippen LogP contribution is -2.69. The fourth-order valence-electron chi connectivity index (χ4n) is 6.31. The molecule has 1 aliphatic heterocycles. The molecule has 35 heavy (non-hydrogen) atoms. The van der Waals surface area contributed by atoms with Crippen LogP contribution in [0.4, 0.5) is 0 Å². The fourth-order valence-corrected chi connectivity index (χ4v) is 10.4.